The van der Waals surface area contributed by atoms with Gasteiger partial charge in [-0.05, 0) is 31.9 Å². The topological polar surface area (TPSA) is 127 Å². The number of carbonyl (C=O) groups excluding carboxylic acids is 2. The molecule has 0 spiro atoms. The van der Waals surface area contributed by atoms with E-state index in [2.05, 4.69) is 5.32 Å². The maximum absolute atomic E-state index is 12.1. The van der Waals surface area contributed by atoms with Crippen molar-refractivity contribution >= 4 is 11.7 Å². The first-order valence-corrected chi connectivity index (χ1v) is 11.3. The average Bonchev–Trinajstić information content (AvgIpc) is 2.82. The molecule has 0 saturated heterocycles. The maximum atomic E-state index is 12.1. The first kappa shape index (κ1) is 29.5. The van der Waals surface area contributed by atoms with Crippen LogP contribution < -0.4 is 5.32 Å². The van der Waals surface area contributed by atoms with Crippen LogP contribution in [0.3, 0.4) is 0 Å². The molecule has 7 nitrogen and oxygen atoms in total. The number of rotatable bonds is 0. The van der Waals surface area contributed by atoms with Gasteiger partial charge in [0.25, 0.3) is 0 Å². The Kier molecular flexibility index (Phi) is 13.6. The maximum Gasteiger partial charge on any atom is 0.247 e. The number of allylic oxidation sites excluding steroid dienone is 13. The molecule has 0 aromatic rings. The quantitative estimate of drug-likeness (QED) is 0.362. The molecule has 4 unspecified atom stereocenters. The van der Waals surface area contributed by atoms with Crippen molar-refractivity contribution in [2.75, 3.05) is 6.54 Å². The number of hydrogen-bond acceptors (Lipinski definition) is 6. The van der Waals surface area contributed by atoms with Crippen molar-refractivity contribution in [1.82, 2.24) is 5.32 Å². The van der Waals surface area contributed by atoms with Gasteiger partial charge in [-0.3, -0.25) is 9.59 Å². The summed E-state index contributed by atoms with van der Waals surface area (Å²) in [7, 11) is 0. The Balaban J connectivity index is 3.09. The predicted molar refractivity (Wildman–Crippen MR) is 138 cm³/mol. The second kappa shape index (κ2) is 16.2. The summed E-state index contributed by atoms with van der Waals surface area (Å²) < 4.78 is 0. The molecule has 4 atom stereocenters. The first-order chi connectivity index (χ1) is 16.6. The lowest BCUT2D eigenvalue weighted by Gasteiger charge is -2.18. The highest BCUT2D eigenvalue weighted by Crippen LogP contribution is 2.06. The van der Waals surface area contributed by atoms with Crippen LogP contribution in [-0.4, -0.2) is 57.0 Å². The number of nitrogens with one attached hydrogen (secondary N) is 1. The molecule has 1 amide bonds. The molecule has 7 heteroatoms. The third kappa shape index (κ3) is 13.1. The van der Waals surface area contributed by atoms with Gasteiger partial charge in [0.05, 0.1) is 0 Å². The molecular weight excluding hydrogens is 446 g/mol. The van der Waals surface area contributed by atoms with Crippen molar-refractivity contribution in [3.63, 3.8) is 0 Å². The van der Waals surface area contributed by atoms with E-state index in [0.717, 1.165) is 17.7 Å². The molecule has 5 N–H and O–H groups in total. The average molecular weight is 482 g/mol. The zero-order valence-electron chi connectivity index (χ0n) is 20.3. The smallest absolute Gasteiger partial charge is 0.247 e. The number of amides is 1. The summed E-state index contributed by atoms with van der Waals surface area (Å²) in [5.41, 5.74) is 1.59. The van der Waals surface area contributed by atoms with Crippen LogP contribution >= 0.6 is 0 Å². The summed E-state index contributed by atoms with van der Waals surface area (Å²) in [6.07, 6.45) is 18.6. The minimum absolute atomic E-state index is 0.0853. The molecule has 188 valence electrons. The summed E-state index contributed by atoms with van der Waals surface area (Å²) in [5, 5.41) is 42.8. The SMILES string of the molecule is CC1=CC=CC=CC(C)CNC(=O)C=C(O)C=CC(C)=CC=CC(O)C(O)C(O)C(=O)C=CC=C1. The molecule has 1 aliphatic heterocycles. The summed E-state index contributed by atoms with van der Waals surface area (Å²) >= 11 is 0. The second-order valence-electron chi connectivity index (χ2n) is 8.15. The summed E-state index contributed by atoms with van der Waals surface area (Å²) in [4.78, 5) is 24.0. The minimum atomic E-state index is -1.79. The molecule has 0 aliphatic carbocycles. The van der Waals surface area contributed by atoms with E-state index in [9.17, 15) is 30.0 Å². The molecule has 1 rings (SSSR count). The Bertz CT molecular complexity index is 991. The third-order valence-corrected chi connectivity index (χ3v) is 4.78. The zero-order chi connectivity index (χ0) is 26.2. The first-order valence-electron chi connectivity index (χ1n) is 11.3. The van der Waals surface area contributed by atoms with E-state index in [4.69, 9.17) is 0 Å². The van der Waals surface area contributed by atoms with Crippen molar-refractivity contribution in [3.05, 3.63) is 108 Å². The largest absolute Gasteiger partial charge is 0.508 e. The predicted octanol–water partition coefficient (Wildman–Crippen LogP) is 3.08. The monoisotopic (exact) mass is 481 g/mol. The van der Waals surface area contributed by atoms with E-state index in [1.807, 2.05) is 44.2 Å². The Morgan fingerprint density at radius 1 is 0.800 bits per heavy atom. The third-order valence-electron chi connectivity index (χ3n) is 4.78. The van der Waals surface area contributed by atoms with Crippen LogP contribution in [0.1, 0.15) is 20.8 Å². The fourth-order valence-electron chi connectivity index (χ4n) is 2.66. The lowest BCUT2D eigenvalue weighted by Crippen LogP contribution is -2.40. The lowest BCUT2D eigenvalue weighted by atomic mass is 10.0. The molecule has 0 bridgehead atoms. The Morgan fingerprint density at radius 3 is 2.20 bits per heavy atom. The van der Waals surface area contributed by atoms with Crippen molar-refractivity contribution in [3.8, 4) is 0 Å². The van der Waals surface area contributed by atoms with Gasteiger partial charge >= 0.3 is 0 Å². The van der Waals surface area contributed by atoms with Gasteiger partial charge in [-0.2, -0.15) is 0 Å². The highest BCUT2D eigenvalue weighted by Gasteiger charge is 2.27. The van der Waals surface area contributed by atoms with Crippen molar-refractivity contribution in [2.24, 2.45) is 5.92 Å². The van der Waals surface area contributed by atoms with Crippen molar-refractivity contribution < 1.29 is 30.0 Å². The molecule has 0 aromatic heterocycles. The van der Waals surface area contributed by atoms with Gasteiger partial charge in [0.15, 0.2) is 5.78 Å². The molecule has 0 radical (unpaired) electrons. The number of hydrogen-bond donors (Lipinski definition) is 5. The second-order valence-corrected chi connectivity index (χ2v) is 8.15. The van der Waals surface area contributed by atoms with Crippen LogP contribution in [0.5, 0.6) is 0 Å². The number of aliphatic hydroxyl groups excluding tert-OH is 4. The summed E-state index contributed by atoms with van der Waals surface area (Å²) in [6.45, 7) is 5.96. The Morgan fingerprint density at radius 2 is 1.46 bits per heavy atom. The molecule has 35 heavy (non-hydrogen) atoms. The Labute approximate surface area is 206 Å². The zero-order valence-corrected chi connectivity index (χ0v) is 20.3. The van der Waals surface area contributed by atoms with E-state index in [1.165, 1.54) is 24.3 Å². The molecular formula is C28H35NO6. The van der Waals surface area contributed by atoms with Crippen LogP contribution in [0.4, 0.5) is 0 Å². The highest BCUT2D eigenvalue weighted by atomic mass is 16.4. The van der Waals surface area contributed by atoms with E-state index >= 15 is 0 Å². The standard InChI is InChI=1S/C28H35NO6/c1-20-10-5-4-6-12-22(3)19-29-26(33)18-23(30)17-16-21(2)13-9-15-25(32)28(35)27(34)24(31)14-8-7-11-20/h4-18,22,25,27-28,30,32,34-35H,19H2,1-3H3,(H,29,33). The van der Waals surface area contributed by atoms with Gasteiger partial charge in [-0.1, -0.05) is 91.0 Å². The summed E-state index contributed by atoms with van der Waals surface area (Å²) in [5.74, 6) is -1.30. The summed E-state index contributed by atoms with van der Waals surface area (Å²) in [6, 6.07) is 0. The van der Waals surface area contributed by atoms with Gasteiger partial charge in [0.2, 0.25) is 5.91 Å². The molecule has 1 aliphatic rings. The van der Waals surface area contributed by atoms with Crippen LogP contribution in [0.25, 0.3) is 0 Å². The molecule has 1 heterocycles. The molecule has 0 saturated carbocycles. The number of ketones is 1. The van der Waals surface area contributed by atoms with Gasteiger partial charge in [-0.25, -0.2) is 0 Å². The molecule has 0 fully saturated rings. The highest BCUT2D eigenvalue weighted by molar-refractivity contribution is 5.94. The normalized spacial score (nSPS) is 26.2. The number of aliphatic hydroxyl groups is 4. The fraction of sp³-hybridized carbons (Fsp3) is 0.286. The van der Waals surface area contributed by atoms with Gasteiger partial charge in [0.1, 0.15) is 24.1 Å². The number of carbonyl (C=O) groups is 2. The van der Waals surface area contributed by atoms with Crippen LogP contribution in [0, 0.1) is 5.92 Å². The van der Waals surface area contributed by atoms with Crippen LogP contribution in [0.2, 0.25) is 0 Å². The van der Waals surface area contributed by atoms with Gasteiger partial charge in [-0.15, -0.1) is 0 Å². The van der Waals surface area contributed by atoms with E-state index in [0.29, 0.717) is 12.1 Å². The van der Waals surface area contributed by atoms with E-state index in [-0.39, 0.29) is 11.7 Å². The van der Waals surface area contributed by atoms with Crippen molar-refractivity contribution in [2.45, 2.75) is 39.1 Å². The minimum Gasteiger partial charge on any atom is -0.508 e. The van der Waals surface area contributed by atoms with Gasteiger partial charge in [0, 0.05) is 12.6 Å². The van der Waals surface area contributed by atoms with E-state index < -0.39 is 30.0 Å². The van der Waals surface area contributed by atoms with Crippen LogP contribution in [-0.2, 0) is 9.59 Å². The van der Waals surface area contributed by atoms with Crippen molar-refractivity contribution in [1.29, 1.82) is 0 Å². The van der Waals surface area contributed by atoms with Crippen LogP contribution in [0.15, 0.2) is 108 Å². The van der Waals surface area contributed by atoms with Gasteiger partial charge < -0.3 is 25.7 Å². The fourth-order valence-corrected chi connectivity index (χ4v) is 2.66. The Hall–Kier alpha value is -3.52. The lowest BCUT2D eigenvalue weighted by molar-refractivity contribution is -0.131. The molecule has 0 aromatic carbocycles. The van der Waals surface area contributed by atoms with E-state index in [1.54, 1.807) is 31.2 Å².